The van der Waals surface area contributed by atoms with E-state index in [-0.39, 0.29) is 17.6 Å². The van der Waals surface area contributed by atoms with Crippen molar-refractivity contribution in [3.8, 4) is 5.75 Å². The highest BCUT2D eigenvalue weighted by molar-refractivity contribution is 6.36. The zero-order valence-corrected chi connectivity index (χ0v) is 15.8. The van der Waals surface area contributed by atoms with Gasteiger partial charge in [-0.15, -0.1) is 13.2 Å². The average molecular weight is 430 g/mol. The van der Waals surface area contributed by atoms with Crippen molar-refractivity contribution < 1.29 is 27.5 Å². The third-order valence-electron chi connectivity index (χ3n) is 5.25. The molecule has 2 fully saturated rings. The maximum absolute atomic E-state index is 13.0. The Morgan fingerprint density at radius 3 is 2.04 bits per heavy atom. The molecular formula is C19H12Cl2F3NO3. The summed E-state index contributed by atoms with van der Waals surface area (Å²) in [5, 5.41) is 0.594. The molecule has 1 aliphatic carbocycles. The van der Waals surface area contributed by atoms with Crippen molar-refractivity contribution in [1.29, 1.82) is 0 Å². The Kier molecular flexibility index (Phi) is 4.17. The van der Waals surface area contributed by atoms with E-state index in [0.717, 1.165) is 4.90 Å². The van der Waals surface area contributed by atoms with Crippen LogP contribution >= 0.6 is 23.2 Å². The lowest BCUT2D eigenvalue weighted by atomic mass is 9.99. The monoisotopic (exact) mass is 429 g/mol. The van der Waals surface area contributed by atoms with Crippen molar-refractivity contribution in [2.24, 2.45) is 11.3 Å². The second-order valence-electron chi connectivity index (χ2n) is 6.96. The molecule has 9 heteroatoms. The van der Waals surface area contributed by atoms with Gasteiger partial charge in [0.05, 0.1) is 17.0 Å². The molecule has 3 atom stereocenters. The predicted octanol–water partition coefficient (Wildman–Crippen LogP) is 5.19. The minimum absolute atomic E-state index is 0.297. The standard InChI is InChI=1S/C19H12Cl2F3NO3/c1-18-14(9-2-4-13(5-3-9)28-19(22,23)24)15(18)16(26)25(17(18)27)12-7-10(20)6-11(21)8-12/h2-8,14-15H,1H3/t14-,15?,18+/m0/s1. The van der Waals surface area contributed by atoms with Gasteiger partial charge in [-0.1, -0.05) is 35.3 Å². The summed E-state index contributed by atoms with van der Waals surface area (Å²) in [6, 6.07) is 9.68. The van der Waals surface area contributed by atoms with E-state index in [4.69, 9.17) is 23.2 Å². The van der Waals surface area contributed by atoms with Crippen LogP contribution in [0.25, 0.3) is 0 Å². The summed E-state index contributed by atoms with van der Waals surface area (Å²) in [4.78, 5) is 26.9. The molecule has 2 aliphatic rings. The number of carbonyl (C=O) groups is 2. The summed E-state index contributed by atoms with van der Waals surface area (Å²) in [6.07, 6.45) is -4.78. The summed E-state index contributed by atoms with van der Waals surface area (Å²) >= 11 is 11.9. The lowest BCUT2D eigenvalue weighted by Crippen LogP contribution is -2.36. The maximum atomic E-state index is 13.0. The fourth-order valence-corrected chi connectivity index (χ4v) is 4.50. The zero-order chi connectivity index (χ0) is 20.4. The average Bonchev–Trinajstić information content (AvgIpc) is 3.14. The van der Waals surface area contributed by atoms with Gasteiger partial charge in [-0.2, -0.15) is 0 Å². The Labute approximate surface area is 167 Å². The van der Waals surface area contributed by atoms with Gasteiger partial charge in [0, 0.05) is 16.0 Å². The molecule has 1 aliphatic heterocycles. The number of fused-ring (bicyclic) bond motifs is 1. The van der Waals surface area contributed by atoms with Crippen molar-refractivity contribution >= 4 is 40.7 Å². The van der Waals surface area contributed by atoms with E-state index in [0.29, 0.717) is 21.3 Å². The first-order valence-electron chi connectivity index (χ1n) is 8.22. The van der Waals surface area contributed by atoms with Crippen molar-refractivity contribution in [1.82, 2.24) is 0 Å². The first-order chi connectivity index (χ1) is 13.0. The number of ether oxygens (including phenoxy) is 1. The van der Waals surface area contributed by atoms with Crippen molar-refractivity contribution in [2.45, 2.75) is 19.2 Å². The first-order valence-corrected chi connectivity index (χ1v) is 8.98. The molecule has 4 nitrogen and oxygen atoms in total. The van der Waals surface area contributed by atoms with Crippen LogP contribution in [-0.2, 0) is 9.59 Å². The summed E-state index contributed by atoms with van der Waals surface area (Å²) in [6.45, 7) is 1.68. The number of nitrogens with zero attached hydrogens (tertiary/aromatic N) is 1. The Morgan fingerprint density at radius 1 is 1.00 bits per heavy atom. The van der Waals surface area contributed by atoms with E-state index >= 15 is 0 Å². The van der Waals surface area contributed by atoms with Gasteiger partial charge >= 0.3 is 6.36 Å². The maximum Gasteiger partial charge on any atom is 0.573 e. The van der Waals surface area contributed by atoms with E-state index in [1.165, 1.54) is 42.5 Å². The number of imide groups is 1. The van der Waals surface area contributed by atoms with Crippen LogP contribution in [0.1, 0.15) is 18.4 Å². The molecule has 2 aromatic carbocycles. The van der Waals surface area contributed by atoms with Crippen LogP contribution in [0.5, 0.6) is 5.75 Å². The highest BCUT2D eigenvalue weighted by Gasteiger charge is 2.77. The lowest BCUT2D eigenvalue weighted by Gasteiger charge is -2.21. The molecule has 1 heterocycles. The third-order valence-corrected chi connectivity index (χ3v) is 5.68. The molecule has 28 heavy (non-hydrogen) atoms. The Morgan fingerprint density at radius 2 is 1.57 bits per heavy atom. The third kappa shape index (κ3) is 2.93. The lowest BCUT2D eigenvalue weighted by molar-refractivity contribution is -0.274. The summed E-state index contributed by atoms with van der Waals surface area (Å²) in [5.74, 6) is -2.13. The molecular weight excluding hydrogens is 418 g/mol. The Bertz CT molecular complexity index is 973. The number of rotatable bonds is 3. The number of halogens is 5. The topological polar surface area (TPSA) is 46.6 Å². The highest BCUT2D eigenvalue weighted by atomic mass is 35.5. The largest absolute Gasteiger partial charge is 0.573 e. The molecule has 1 saturated heterocycles. The fraction of sp³-hybridized carbons (Fsp3) is 0.263. The molecule has 0 N–H and O–H groups in total. The molecule has 0 bridgehead atoms. The normalized spacial score (nSPS) is 26.4. The zero-order valence-electron chi connectivity index (χ0n) is 14.3. The number of piperidine rings is 1. The summed E-state index contributed by atoms with van der Waals surface area (Å²) < 4.78 is 40.7. The van der Waals surface area contributed by atoms with Crippen LogP contribution in [-0.4, -0.2) is 18.2 Å². The van der Waals surface area contributed by atoms with Crippen molar-refractivity contribution in [2.75, 3.05) is 4.90 Å². The summed E-state index contributed by atoms with van der Waals surface area (Å²) in [7, 11) is 0. The van der Waals surface area contributed by atoms with Crippen LogP contribution in [0.2, 0.25) is 10.0 Å². The number of carbonyl (C=O) groups excluding carboxylic acids is 2. The highest BCUT2D eigenvalue weighted by Crippen LogP contribution is 2.70. The number of alkyl halides is 3. The van der Waals surface area contributed by atoms with Crippen molar-refractivity contribution in [3.05, 3.63) is 58.1 Å². The van der Waals surface area contributed by atoms with Crippen LogP contribution in [0.3, 0.4) is 0 Å². The van der Waals surface area contributed by atoms with Crippen molar-refractivity contribution in [3.63, 3.8) is 0 Å². The minimum atomic E-state index is -4.78. The van der Waals surface area contributed by atoms with Gasteiger partial charge in [0.2, 0.25) is 11.8 Å². The number of anilines is 1. The molecule has 2 amide bonds. The molecule has 146 valence electrons. The van der Waals surface area contributed by atoms with Gasteiger partial charge in [-0.05, 0) is 42.8 Å². The smallest absolute Gasteiger partial charge is 0.406 e. The van der Waals surface area contributed by atoms with Gasteiger partial charge in [0.15, 0.2) is 0 Å². The molecule has 0 aromatic heterocycles. The Hall–Kier alpha value is -2.25. The SMILES string of the molecule is C[C@]12C(=O)N(c3cc(Cl)cc(Cl)c3)C(=O)C1[C@@H]2c1ccc(OC(F)(F)F)cc1. The summed E-state index contributed by atoms with van der Waals surface area (Å²) in [5.41, 5.74) is -0.0562. The number of hydrogen-bond donors (Lipinski definition) is 0. The minimum Gasteiger partial charge on any atom is -0.406 e. The molecule has 2 aromatic rings. The van der Waals surface area contributed by atoms with E-state index in [1.807, 2.05) is 0 Å². The van der Waals surface area contributed by atoms with Crippen LogP contribution in [0, 0.1) is 11.3 Å². The van der Waals surface area contributed by atoms with Gasteiger partial charge in [0.25, 0.3) is 0 Å². The predicted molar refractivity (Wildman–Crippen MR) is 96.4 cm³/mol. The van der Waals surface area contributed by atoms with Gasteiger partial charge in [-0.25, -0.2) is 4.90 Å². The molecule has 4 rings (SSSR count). The van der Waals surface area contributed by atoms with E-state index < -0.39 is 23.6 Å². The van der Waals surface area contributed by atoms with E-state index in [9.17, 15) is 22.8 Å². The number of hydrogen-bond acceptors (Lipinski definition) is 3. The van der Waals surface area contributed by atoms with Gasteiger partial charge in [-0.3, -0.25) is 9.59 Å². The van der Waals surface area contributed by atoms with Crippen LogP contribution in [0.15, 0.2) is 42.5 Å². The van der Waals surface area contributed by atoms with Crippen LogP contribution < -0.4 is 9.64 Å². The molecule has 1 saturated carbocycles. The quantitative estimate of drug-likeness (QED) is 0.631. The fourth-order valence-electron chi connectivity index (χ4n) is 3.99. The van der Waals surface area contributed by atoms with Crippen LogP contribution in [0.4, 0.5) is 18.9 Å². The van der Waals surface area contributed by atoms with Gasteiger partial charge in [0.1, 0.15) is 5.75 Å². The van der Waals surface area contributed by atoms with E-state index in [1.54, 1.807) is 6.92 Å². The van der Waals surface area contributed by atoms with E-state index in [2.05, 4.69) is 4.74 Å². The number of amides is 2. The molecule has 0 radical (unpaired) electrons. The Balaban J connectivity index is 1.59. The first kappa shape index (κ1) is 19.1. The molecule has 1 unspecified atom stereocenters. The molecule has 0 spiro atoms. The second kappa shape index (κ2) is 6.12. The van der Waals surface area contributed by atoms with Gasteiger partial charge < -0.3 is 4.74 Å². The second-order valence-corrected chi connectivity index (χ2v) is 7.83. The number of benzene rings is 2.